The summed E-state index contributed by atoms with van der Waals surface area (Å²) in [6, 6.07) is 2.09. The molecule has 92 valence electrons. The van der Waals surface area contributed by atoms with Crippen molar-refractivity contribution in [2.24, 2.45) is 0 Å². The van der Waals surface area contributed by atoms with E-state index in [2.05, 4.69) is 35.8 Å². The lowest BCUT2D eigenvalue weighted by atomic mass is 10.1. The first-order valence-corrected chi connectivity index (χ1v) is 7.70. The number of rotatable bonds is 7. The predicted molar refractivity (Wildman–Crippen MR) is 75.1 cm³/mol. The van der Waals surface area contributed by atoms with Crippen molar-refractivity contribution in [3.8, 4) is 0 Å². The van der Waals surface area contributed by atoms with Gasteiger partial charge in [-0.15, -0.1) is 11.3 Å². The molecule has 1 atom stereocenters. The van der Waals surface area contributed by atoms with Crippen LogP contribution in [0.5, 0.6) is 0 Å². The summed E-state index contributed by atoms with van der Waals surface area (Å²) in [5.41, 5.74) is 1.23. The molecule has 0 aliphatic carbocycles. The van der Waals surface area contributed by atoms with E-state index < -0.39 is 0 Å². The lowest BCUT2D eigenvalue weighted by molar-refractivity contribution is 0.167. The quantitative estimate of drug-likeness (QED) is 0.685. The Morgan fingerprint density at radius 3 is 2.56 bits per heavy atom. The van der Waals surface area contributed by atoms with Gasteiger partial charge in [0.25, 0.3) is 0 Å². The van der Waals surface area contributed by atoms with E-state index in [4.69, 9.17) is 0 Å². The van der Waals surface area contributed by atoms with Crippen LogP contribution >= 0.6 is 27.3 Å². The Labute approximate surface area is 111 Å². The molecule has 0 saturated carbocycles. The van der Waals surface area contributed by atoms with Gasteiger partial charge in [0.2, 0.25) is 0 Å². The van der Waals surface area contributed by atoms with Gasteiger partial charge < -0.3 is 5.11 Å². The number of thiophene rings is 1. The van der Waals surface area contributed by atoms with Crippen LogP contribution in [0.4, 0.5) is 0 Å². The molecule has 1 aromatic rings. The summed E-state index contributed by atoms with van der Waals surface area (Å²) < 4.78 is 1.15. The number of unbranched alkanes of at least 4 members (excludes halogenated alkanes) is 4. The van der Waals surface area contributed by atoms with E-state index >= 15 is 0 Å². The zero-order valence-electron chi connectivity index (χ0n) is 10.1. The fourth-order valence-corrected chi connectivity index (χ4v) is 3.32. The highest BCUT2D eigenvalue weighted by atomic mass is 79.9. The van der Waals surface area contributed by atoms with Crippen molar-refractivity contribution in [3.05, 3.63) is 20.3 Å². The van der Waals surface area contributed by atoms with E-state index in [0.29, 0.717) is 0 Å². The summed E-state index contributed by atoms with van der Waals surface area (Å²) in [6.07, 6.45) is 6.91. The summed E-state index contributed by atoms with van der Waals surface area (Å²) in [5, 5.41) is 10.0. The number of hydrogen-bond donors (Lipinski definition) is 1. The second kappa shape index (κ2) is 7.46. The molecule has 1 aromatic heterocycles. The number of hydrogen-bond acceptors (Lipinski definition) is 2. The standard InChI is InChI=1S/C13H21BrOS/c1-3-4-5-6-7-8-11(15)12-9-10(2)13(14)16-12/h9,11,15H,3-8H2,1-2H3. The molecule has 0 fully saturated rings. The summed E-state index contributed by atoms with van der Waals surface area (Å²) in [4.78, 5) is 1.10. The van der Waals surface area contributed by atoms with Crippen LogP contribution in [0.25, 0.3) is 0 Å². The number of aliphatic hydroxyl groups excluding tert-OH is 1. The Morgan fingerprint density at radius 1 is 1.31 bits per heavy atom. The van der Waals surface area contributed by atoms with Crippen molar-refractivity contribution in [2.75, 3.05) is 0 Å². The lowest BCUT2D eigenvalue weighted by Crippen LogP contribution is -1.94. The van der Waals surface area contributed by atoms with Gasteiger partial charge in [0.05, 0.1) is 9.89 Å². The van der Waals surface area contributed by atoms with Gasteiger partial charge in [-0.1, -0.05) is 39.0 Å². The summed E-state index contributed by atoms with van der Waals surface area (Å²) in [6.45, 7) is 4.29. The predicted octanol–water partition coefficient (Wildman–Crippen LogP) is 5.21. The first-order chi connectivity index (χ1) is 7.65. The van der Waals surface area contributed by atoms with E-state index in [1.165, 1.54) is 31.2 Å². The SMILES string of the molecule is CCCCCCCC(O)c1cc(C)c(Br)s1. The van der Waals surface area contributed by atoms with Crippen LogP contribution in [-0.2, 0) is 0 Å². The molecule has 0 aliphatic rings. The minimum absolute atomic E-state index is 0.267. The van der Waals surface area contributed by atoms with Crippen molar-refractivity contribution < 1.29 is 5.11 Å². The molecule has 0 spiro atoms. The first kappa shape index (κ1) is 14.2. The van der Waals surface area contributed by atoms with Crippen molar-refractivity contribution >= 4 is 27.3 Å². The monoisotopic (exact) mass is 304 g/mol. The highest BCUT2D eigenvalue weighted by Crippen LogP contribution is 2.33. The van der Waals surface area contributed by atoms with Gasteiger partial charge in [0, 0.05) is 4.88 Å². The molecule has 0 saturated heterocycles. The van der Waals surface area contributed by atoms with Crippen molar-refractivity contribution in [2.45, 2.75) is 58.5 Å². The third-order valence-electron chi connectivity index (χ3n) is 2.79. The van der Waals surface area contributed by atoms with Gasteiger partial charge in [-0.3, -0.25) is 0 Å². The second-order valence-electron chi connectivity index (χ2n) is 4.32. The molecule has 0 aliphatic heterocycles. The van der Waals surface area contributed by atoms with Crippen molar-refractivity contribution in [1.29, 1.82) is 0 Å². The van der Waals surface area contributed by atoms with E-state index in [0.717, 1.165) is 21.5 Å². The Hall–Kier alpha value is 0.140. The van der Waals surface area contributed by atoms with Crippen LogP contribution in [-0.4, -0.2) is 5.11 Å². The van der Waals surface area contributed by atoms with E-state index in [9.17, 15) is 5.11 Å². The average molecular weight is 305 g/mol. The second-order valence-corrected chi connectivity index (χ2v) is 6.73. The molecule has 0 amide bonds. The molecule has 16 heavy (non-hydrogen) atoms. The fourth-order valence-electron chi connectivity index (χ4n) is 1.73. The van der Waals surface area contributed by atoms with Gasteiger partial charge in [-0.05, 0) is 40.9 Å². The molecule has 1 nitrogen and oxygen atoms in total. The normalized spacial score (nSPS) is 13.0. The molecule has 0 bridgehead atoms. The average Bonchev–Trinajstić information content (AvgIpc) is 2.59. The van der Waals surface area contributed by atoms with Crippen LogP contribution in [0.15, 0.2) is 9.85 Å². The van der Waals surface area contributed by atoms with Crippen molar-refractivity contribution in [1.82, 2.24) is 0 Å². The van der Waals surface area contributed by atoms with E-state index in [1.807, 2.05) is 0 Å². The minimum Gasteiger partial charge on any atom is -0.388 e. The Bertz CT molecular complexity index is 289. The van der Waals surface area contributed by atoms with Gasteiger partial charge >= 0.3 is 0 Å². The van der Waals surface area contributed by atoms with Crippen LogP contribution in [0.1, 0.15) is 62.0 Å². The number of halogens is 1. The molecule has 0 aromatic carbocycles. The highest BCUT2D eigenvalue weighted by Gasteiger charge is 2.11. The zero-order chi connectivity index (χ0) is 12.0. The van der Waals surface area contributed by atoms with Gasteiger partial charge in [-0.25, -0.2) is 0 Å². The summed E-state index contributed by atoms with van der Waals surface area (Å²) in [5.74, 6) is 0. The summed E-state index contributed by atoms with van der Waals surface area (Å²) >= 11 is 5.15. The molecule has 1 heterocycles. The van der Waals surface area contributed by atoms with E-state index in [1.54, 1.807) is 11.3 Å². The minimum atomic E-state index is -0.267. The number of aliphatic hydroxyl groups is 1. The molecule has 1 rings (SSSR count). The Balaban J connectivity index is 2.27. The Morgan fingerprint density at radius 2 is 2.00 bits per heavy atom. The number of aryl methyl sites for hydroxylation is 1. The van der Waals surface area contributed by atoms with Crippen LogP contribution in [0, 0.1) is 6.92 Å². The third kappa shape index (κ3) is 4.56. The Kier molecular flexibility index (Phi) is 6.62. The van der Waals surface area contributed by atoms with Crippen molar-refractivity contribution in [3.63, 3.8) is 0 Å². The molecular formula is C13H21BrOS. The fraction of sp³-hybridized carbons (Fsp3) is 0.692. The molecule has 0 radical (unpaired) electrons. The summed E-state index contributed by atoms with van der Waals surface area (Å²) in [7, 11) is 0. The van der Waals surface area contributed by atoms with Crippen LogP contribution in [0.3, 0.4) is 0 Å². The van der Waals surface area contributed by atoms with Gasteiger partial charge in [0.15, 0.2) is 0 Å². The molecular weight excluding hydrogens is 284 g/mol. The molecule has 3 heteroatoms. The third-order valence-corrected chi connectivity index (χ3v) is 5.02. The first-order valence-electron chi connectivity index (χ1n) is 6.09. The maximum absolute atomic E-state index is 10.0. The maximum Gasteiger partial charge on any atom is 0.0882 e. The van der Waals surface area contributed by atoms with E-state index in [-0.39, 0.29) is 6.10 Å². The highest BCUT2D eigenvalue weighted by molar-refractivity contribution is 9.11. The maximum atomic E-state index is 10.0. The van der Waals surface area contributed by atoms with Gasteiger partial charge in [0.1, 0.15) is 0 Å². The van der Waals surface area contributed by atoms with Crippen LogP contribution in [0.2, 0.25) is 0 Å². The lowest BCUT2D eigenvalue weighted by Gasteiger charge is -2.07. The topological polar surface area (TPSA) is 20.2 Å². The zero-order valence-corrected chi connectivity index (χ0v) is 12.5. The largest absolute Gasteiger partial charge is 0.388 e. The molecule has 1 unspecified atom stereocenters. The van der Waals surface area contributed by atoms with Crippen LogP contribution < -0.4 is 0 Å². The molecule has 1 N–H and O–H groups in total. The smallest absolute Gasteiger partial charge is 0.0882 e. The van der Waals surface area contributed by atoms with Gasteiger partial charge in [-0.2, -0.15) is 0 Å².